The first-order valence-corrected chi connectivity index (χ1v) is 5.63. The van der Waals surface area contributed by atoms with Crippen molar-refractivity contribution in [2.75, 3.05) is 6.54 Å². The molecule has 0 radical (unpaired) electrons. The minimum absolute atomic E-state index is 0.156. The molecule has 5 heteroatoms. The molecule has 1 aromatic rings. The van der Waals surface area contributed by atoms with Crippen molar-refractivity contribution in [3.63, 3.8) is 0 Å². The van der Waals surface area contributed by atoms with Gasteiger partial charge >= 0.3 is 0 Å². The molecule has 1 rings (SSSR count). The second kappa shape index (κ2) is 5.72. The molecule has 0 atom stereocenters. The highest BCUT2D eigenvalue weighted by molar-refractivity contribution is 5.94. The van der Waals surface area contributed by atoms with Gasteiger partial charge in [0.1, 0.15) is 0 Å². The minimum Gasteiger partial charge on any atom is -0.388 e. The predicted molar refractivity (Wildman–Crippen MR) is 62.1 cm³/mol. The summed E-state index contributed by atoms with van der Waals surface area (Å²) >= 11 is 0. The van der Waals surface area contributed by atoms with Crippen molar-refractivity contribution in [2.45, 2.75) is 32.3 Å². The molecule has 0 spiro atoms. The lowest BCUT2D eigenvalue weighted by molar-refractivity contribution is 0.0314. The van der Waals surface area contributed by atoms with Crippen molar-refractivity contribution in [1.82, 2.24) is 10.3 Å². The molecule has 0 aliphatic heterocycles. The first kappa shape index (κ1) is 13.6. The smallest absolute Gasteiger partial charge is 0.251 e. The first-order valence-electron chi connectivity index (χ1n) is 5.63. The highest BCUT2D eigenvalue weighted by atomic mass is 19.1. The van der Waals surface area contributed by atoms with Gasteiger partial charge in [-0.2, -0.15) is 4.39 Å². The van der Waals surface area contributed by atoms with Crippen molar-refractivity contribution < 1.29 is 14.3 Å². The number of hydrogen-bond acceptors (Lipinski definition) is 3. The molecular weight excluding hydrogens is 223 g/mol. The normalized spacial score (nSPS) is 11.3. The van der Waals surface area contributed by atoms with E-state index in [1.807, 2.05) is 13.8 Å². The Morgan fingerprint density at radius 3 is 2.71 bits per heavy atom. The predicted octanol–water partition coefficient (Wildman–Crippen LogP) is 1.50. The topological polar surface area (TPSA) is 62.2 Å². The third kappa shape index (κ3) is 3.78. The van der Waals surface area contributed by atoms with Crippen molar-refractivity contribution in [3.05, 3.63) is 29.8 Å². The fraction of sp³-hybridized carbons (Fsp3) is 0.500. The molecule has 0 aliphatic rings. The molecule has 0 saturated carbocycles. The highest BCUT2D eigenvalue weighted by Gasteiger charge is 2.23. The number of carbonyl (C=O) groups is 1. The summed E-state index contributed by atoms with van der Waals surface area (Å²) in [6, 6.07) is 2.49. The molecule has 1 amide bonds. The van der Waals surface area contributed by atoms with Crippen molar-refractivity contribution in [2.24, 2.45) is 0 Å². The number of halogens is 1. The van der Waals surface area contributed by atoms with Crippen LogP contribution in [0.5, 0.6) is 0 Å². The third-order valence-electron chi connectivity index (χ3n) is 2.88. The molecule has 1 heterocycles. The van der Waals surface area contributed by atoms with Crippen molar-refractivity contribution in [3.8, 4) is 0 Å². The molecule has 17 heavy (non-hydrogen) atoms. The highest BCUT2D eigenvalue weighted by Crippen LogP contribution is 2.13. The SMILES string of the molecule is CCC(O)(CC)CNC(=O)c1ccnc(F)c1. The maximum absolute atomic E-state index is 12.8. The van der Waals surface area contributed by atoms with E-state index in [1.54, 1.807) is 0 Å². The van der Waals surface area contributed by atoms with Gasteiger partial charge in [-0.05, 0) is 18.9 Å². The molecule has 0 aliphatic carbocycles. The molecule has 4 nitrogen and oxygen atoms in total. The summed E-state index contributed by atoms with van der Waals surface area (Å²) in [6.07, 6.45) is 2.33. The largest absolute Gasteiger partial charge is 0.388 e. The summed E-state index contributed by atoms with van der Waals surface area (Å²) in [6.45, 7) is 3.85. The maximum Gasteiger partial charge on any atom is 0.251 e. The van der Waals surface area contributed by atoms with E-state index in [4.69, 9.17) is 0 Å². The summed E-state index contributed by atoms with van der Waals surface area (Å²) < 4.78 is 12.8. The van der Waals surface area contributed by atoms with Gasteiger partial charge in [0.05, 0.1) is 5.60 Å². The van der Waals surface area contributed by atoms with Gasteiger partial charge in [-0.1, -0.05) is 13.8 Å². The molecule has 94 valence electrons. The van der Waals surface area contributed by atoms with Crippen LogP contribution < -0.4 is 5.32 Å². The summed E-state index contributed by atoms with van der Waals surface area (Å²) in [4.78, 5) is 15.0. The van der Waals surface area contributed by atoms with E-state index in [-0.39, 0.29) is 12.1 Å². The molecule has 0 bridgehead atoms. The quantitative estimate of drug-likeness (QED) is 0.767. The molecule has 0 unspecified atom stereocenters. The molecule has 0 fully saturated rings. The monoisotopic (exact) mass is 240 g/mol. The summed E-state index contributed by atoms with van der Waals surface area (Å²) in [7, 11) is 0. The van der Waals surface area contributed by atoms with E-state index in [0.29, 0.717) is 12.8 Å². The number of nitrogens with zero attached hydrogens (tertiary/aromatic N) is 1. The van der Waals surface area contributed by atoms with Gasteiger partial charge in [0.15, 0.2) is 0 Å². The number of hydrogen-bond donors (Lipinski definition) is 2. The minimum atomic E-state index is -0.902. The van der Waals surface area contributed by atoms with Crippen LogP contribution in [0, 0.1) is 5.95 Å². The number of carbonyl (C=O) groups excluding carboxylic acids is 1. The van der Waals surface area contributed by atoms with Crippen LogP contribution in [0.15, 0.2) is 18.3 Å². The third-order valence-corrected chi connectivity index (χ3v) is 2.88. The number of aromatic nitrogens is 1. The van der Waals surface area contributed by atoms with Crippen LogP contribution in [0.25, 0.3) is 0 Å². The lowest BCUT2D eigenvalue weighted by Gasteiger charge is -2.25. The fourth-order valence-corrected chi connectivity index (χ4v) is 1.39. The zero-order valence-electron chi connectivity index (χ0n) is 10.0. The Morgan fingerprint density at radius 2 is 2.18 bits per heavy atom. The molecular formula is C12H17FN2O2. The Morgan fingerprint density at radius 1 is 1.53 bits per heavy atom. The van der Waals surface area contributed by atoms with Gasteiger partial charge in [-0.25, -0.2) is 4.98 Å². The molecule has 0 saturated heterocycles. The Bertz CT molecular complexity index is 392. The van der Waals surface area contributed by atoms with Crippen LogP contribution >= 0.6 is 0 Å². The molecule has 0 aromatic carbocycles. The lowest BCUT2D eigenvalue weighted by Crippen LogP contribution is -2.42. The van der Waals surface area contributed by atoms with Crippen LogP contribution in [0.1, 0.15) is 37.0 Å². The average molecular weight is 240 g/mol. The summed E-state index contributed by atoms with van der Waals surface area (Å²) in [5, 5.41) is 12.6. The second-order valence-electron chi connectivity index (χ2n) is 3.98. The Hall–Kier alpha value is -1.49. The number of aliphatic hydroxyl groups is 1. The molecule has 1 aromatic heterocycles. The Balaban J connectivity index is 2.62. The van der Waals surface area contributed by atoms with E-state index >= 15 is 0 Å². The van der Waals surface area contributed by atoms with E-state index in [1.165, 1.54) is 12.3 Å². The van der Waals surface area contributed by atoms with E-state index in [2.05, 4.69) is 10.3 Å². The van der Waals surface area contributed by atoms with Gasteiger partial charge in [-0.15, -0.1) is 0 Å². The van der Waals surface area contributed by atoms with Crippen molar-refractivity contribution >= 4 is 5.91 Å². The average Bonchev–Trinajstić information content (AvgIpc) is 2.35. The van der Waals surface area contributed by atoms with Crippen LogP contribution in [-0.4, -0.2) is 28.1 Å². The van der Waals surface area contributed by atoms with Gasteiger partial charge < -0.3 is 10.4 Å². The lowest BCUT2D eigenvalue weighted by atomic mass is 9.97. The number of pyridine rings is 1. The maximum atomic E-state index is 12.8. The van der Waals surface area contributed by atoms with Crippen LogP contribution in [0.4, 0.5) is 4.39 Å². The zero-order chi connectivity index (χ0) is 12.9. The van der Waals surface area contributed by atoms with E-state index in [0.717, 1.165) is 6.07 Å². The number of amides is 1. The van der Waals surface area contributed by atoms with Crippen LogP contribution in [-0.2, 0) is 0 Å². The van der Waals surface area contributed by atoms with Crippen LogP contribution in [0.3, 0.4) is 0 Å². The van der Waals surface area contributed by atoms with Crippen molar-refractivity contribution in [1.29, 1.82) is 0 Å². The standard InChI is InChI=1S/C12H17FN2O2/c1-3-12(17,4-2)8-15-11(16)9-5-6-14-10(13)7-9/h5-7,17H,3-4,8H2,1-2H3,(H,15,16). The van der Waals surface area contributed by atoms with Crippen LogP contribution in [0.2, 0.25) is 0 Å². The van der Waals surface area contributed by atoms with Gasteiger partial charge in [-0.3, -0.25) is 4.79 Å². The summed E-state index contributed by atoms with van der Waals surface area (Å²) in [5.41, 5.74) is -0.701. The summed E-state index contributed by atoms with van der Waals surface area (Å²) in [5.74, 6) is -1.11. The van der Waals surface area contributed by atoms with Gasteiger partial charge in [0.2, 0.25) is 5.95 Å². The number of nitrogens with one attached hydrogen (secondary N) is 1. The van der Waals surface area contributed by atoms with Gasteiger partial charge in [0.25, 0.3) is 5.91 Å². The molecule has 2 N–H and O–H groups in total. The fourth-order valence-electron chi connectivity index (χ4n) is 1.39. The van der Waals surface area contributed by atoms with E-state index in [9.17, 15) is 14.3 Å². The van der Waals surface area contributed by atoms with Gasteiger partial charge in [0, 0.05) is 24.4 Å². The van der Waals surface area contributed by atoms with E-state index < -0.39 is 17.5 Å². The first-order chi connectivity index (χ1) is 8.00. The number of rotatable bonds is 5. The Labute approximate surface area is 99.9 Å². The Kier molecular flexibility index (Phi) is 4.57. The second-order valence-corrected chi connectivity index (χ2v) is 3.98. The zero-order valence-corrected chi connectivity index (χ0v) is 10.0.